The van der Waals surface area contributed by atoms with Crippen molar-refractivity contribution in [2.24, 2.45) is 0 Å². The van der Waals surface area contributed by atoms with Crippen LogP contribution >= 0.6 is 0 Å². The number of anilines is 1. The first-order valence-electron chi connectivity index (χ1n) is 9.26. The van der Waals surface area contributed by atoms with E-state index in [1.165, 1.54) is 0 Å². The summed E-state index contributed by atoms with van der Waals surface area (Å²) in [4.78, 5) is 30.0. The van der Waals surface area contributed by atoms with Crippen LogP contribution in [0.3, 0.4) is 0 Å². The number of hydrogen-bond donors (Lipinski definition) is 2. The molecule has 2 amide bonds. The van der Waals surface area contributed by atoms with Gasteiger partial charge in [-0.05, 0) is 49.2 Å². The molecule has 0 bridgehead atoms. The Morgan fingerprint density at radius 3 is 2.57 bits per heavy atom. The number of aryl methyl sites for hydroxylation is 1. The second kappa shape index (κ2) is 8.56. The van der Waals surface area contributed by atoms with Crippen LogP contribution in [0.1, 0.15) is 46.2 Å². The van der Waals surface area contributed by atoms with Crippen LogP contribution in [-0.4, -0.2) is 34.9 Å². The van der Waals surface area contributed by atoms with Crippen molar-refractivity contribution in [3.05, 3.63) is 59.4 Å². The predicted molar refractivity (Wildman–Crippen MR) is 108 cm³/mol. The van der Waals surface area contributed by atoms with E-state index in [-0.39, 0.29) is 17.6 Å². The van der Waals surface area contributed by atoms with Crippen molar-refractivity contribution in [1.82, 2.24) is 14.7 Å². The Morgan fingerprint density at radius 1 is 1.14 bits per heavy atom. The molecular weight excluding hydrogens is 356 g/mol. The number of ether oxygens (including phenoxy) is 1. The highest BCUT2D eigenvalue weighted by Gasteiger charge is 2.22. The van der Waals surface area contributed by atoms with Crippen molar-refractivity contribution in [1.29, 1.82) is 0 Å². The summed E-state index contributed by atoms with van der Waals surface area (Å²) in [7, 11) is 1.57. The van der Waals surface area contributed by atoms with Gasteiger partial charge in [0.25, 0.3) is 11.8 Å². The van der Waals surface area contributed by atoms with Crippen LogP contribution < -0.4 is 15.4 Å². The molecule has 7 heteroatoms. The van der Waals surface area contributed by atoms with E-state index in [1.807, 2.05) is 19.1 Å². The van der Waals surface area contributed by atoms with E-state index < -0.39 is 0 Å². The van der Waals surface area contributed by atoms with Crippen LogP contribution in [0.2, 0.25) is 0 Å². The quantitative estimate of drug-likeness (QED) is 0.615. The fourth-order valence-electron chi connectivity index (χ4n) is 2.89. The molecule has 2 N–H and O–H groups in total. The highest BCUT2D eigenvalue weighted by molar-refractivity contribution is 6.08. The summed E-state index contributed by atoms with van der Waals surface area (Å²) in [6, 6.07) is 10.5. The van der Waals surface area contributed by atoms with Crippen molar-refractivity contribution < 1.29 is 14.3 Å². The zero-order valence-corrected chi connectivity index (χ0v) is 16.3. The fraction of sp³-hybridized carbons (Fsp3) is 0.286. The number of fused-ring (bicyclic) bond motifs is 1. The van der Waals surface area contributed by atoms with Gasteiger partial charge < -0.3 is 15.4 Å². The smallest absolute Gasteiger partial charge is 0.272 e. The Bertz CT molecular complexity index is 993. The largest absolute Gasteiger partial charge is 0.497 e. The van der Waals surface area contributed by atoms with E-state index in [0.717, 1.165) is 18.4 Å². The molecule has 0 aliphatic rings. The van der Waals surface area contributed by atoms with Gasteiger partial charge in [-0.25, -0.2) is 4.98 Å². The molecule has 0 aliphatic heterocycles. The number of benzene rings is 1. The van der Waals surface area contributed by atoms with Gasteiger partial charge in [0.15, 0.2) is 11.5 Å². The van der Waals surface area contributed by atoms with E-state index >= 15 is 0 Å². The normalized spacial score (nSPS) is 10.7. The number of rotatable bonds is 7. The van der Waals surface area contributed by atoms with E-state index in [4.69, 9.17) is 4.74 Å². The van der Waals surface area contributed by atoms with Crippen LogP contribution in [0.5, 0.6) is 5.75 Å². The second-order valence-electron chi connectivity index (χ2n) is 6.49. The third-order valence-electron chi connectivity index (χ3n) is 4.46. The van der Waals surface area contributed by atoms with Crippen molar-refractivity contribution in [3.8, 4) is 5.75 Å². The lowest BCUT2D eigenvalue weighted by atomic mass is 10.2. The number of pyridine rings is 1. The van der Waals surface area contributed by atoms with Crippen LogP contribution in [0.15, 0.2) is 42.6 Å². The van der Waals surface area contributed by atoms with Crippen molar-refractivity contribution in [3.63, 3.8) is 0 Å². The number of imidazole rings is 1. The van der Waals surface area contributed by atoms with Gasteiger partial charge in [-0.15, -0.1) is 0 Å². The maximum Gasteiger partial charge on any atom is 0.272 e. The minimum absolute atomic E-state index is 0.240. The molecule has 0 unspecified atom stereocenters. The average Bonchev–Trinajstić information content (AvgIpc) is 3.07. The fourth-order valence-corrected chi connectivity index (χ4v) is 2.89. The first kappa shape index (κ1) is 19.4. The van der Waals surface area contributed by atoms with Gasteiger partial charge in [0.1, 0.15) is 11.4 Å². The topological polar surface area (TPSA) is 84.7 Å². The van der Waals surface area contributed by atoms with E-state index in [9.17, 15) is 9.59 Å². The number of carbonyl (C=O) groups excluding carboxylic acids is 2. The third kappa shape index (κ3) is 3.98. The van der Waals surface area contributed by atoms with Crippen LogP contribution in [0.4, 0.5) is 5.82 Å². The van der Waals surface area contributed by atoms with Gasteiger partial charge in [0, 0.05) is 18.3 Å². The highest BCUT2D eigenvalue weighted by atomic mass is 16.5. The maximum atomic E-state index is 12.8. The number of amides is 2. The number of aromatic nitrogens is 2. The summed E-state index contributed by atoms with van der Waals surface area (Å²) < 4.78 is 6.83. The van der Waals surface area contributed by atoms with Gasteiger partial charge in [0.05, 0.1) is 7.11 Å². The summed E-state index contributed by atoms with van der Waals surface area (Å²) in [5.74, 6) is 0.294. The average molecular weight is 380 g/mol. The van der Waals surface area contributed by atoms with Gasteiger partial charge in [-0.2, -0.15) is 0 Å². The van der Waals surface area contributed by atoms with Crippen LogP contribution in [0.25, 0.3) is 5.65 Å². The molecule has 3 rings (SSSR count). The van der Waals surface area contributed by atoms with Gasteiger partial charge in [0.2, 0.25) is 0 Å². The first-order valence-corrected chi connectivity index (χ1v) is 9.26. The Hall–Kier alpha value is -3.35. The number of nitrogens with one attached hydrogen (secondary N) is 2. The molecule has 0 saturated carbocycles. The Morgan fingerprint density at radius 2 is 1.89 bits per heavy atom. The number of nitrogens with zero attached hydrogens (tertiary/aromatic N) is 2. The molecule has 3 aromatic rings. The van der Waals surface area contributed by atoms with Crippen molar-refractivity contribution in [2.45, 2.75) is 26.7 Å². The SMILES string of the molecule is CCCCNC(=O)c1c(NC(=O)c2ccc(OC)cc2)nc2c(C)cccn12. The van der Waals surface area contributed by atoms with Gasteiger partial charge >= 0.3 is 0 Å². The molecule has 2 aromatic heterocycles. The zero-order valence-electron chi connectivity index (χ0n) is 16.3. The molecule has 0 atom stereocenters. The lowest BCUT2D eigenvalue weighted by molar-refractivity contribution is 0.0948. The number of hydrogen-bond acceptors (Lipinski definition) is 4. The Labute approximate surface area is 163 Å². The molecule has 0 spiro atoms. The van der Waals surface area contributed by atoms with Crippen LogP contribution in [-0.2, 0) is 0 Å². The second-order valence-corrected chi connectivity index (χ2v) is 6.49. The standard InChI is InChI=1S/C21H24N4O3/c1-4-5-12-22-21(27)17-18(23-19-14(2)7-6-13-25(17)19)24-20(26)15-8-10-16(28-3)11-9-15/h6-11,13H,4-5,12H2,1-3H3,(H,22,27)(H,24,26). The van der Waals surface area contributed by atoms with Crippen LogP contribution in [0, 0.1) is 6.92 Å². The lowest BCUT2D eigenvalue weighted by Gasteiger charge is -2.08. The summed E-state index contributed by atoms with van der Waals surface area (Å²) in [5.41, 5.74) is 2.31. The molecule has 28 heavy (non-hydrogen) atoms. The summed E-state index contributed by atoms with van der Waals surface area (Å²) in [5, 5.41) is 5.68. The molecule has 1 aromatic carbocycles. The Balaban J connectivity index is 1.94. The maximum absolute atomic E-state index is 12.8. The lowest BCUT2D eigenvalue weighted by Crippen LogP contribution is -2.27. The molecule has 7 nitrogen and oxygen atoms in total. The minimum atomic E-state index is -0.341. The van der Waals surface area contributed by atoms with E-state index in [2.05, 4.69) is 22.5 Å². The van der Waals surface area contributed by atoms with Crippen molar-refractivity contribution in [2.75, 3.05) is 19.0 Å². The summed E-state index contributed by atoms with van der Waals surface area (Å²) >= 11 is 0. The highest BCUT2D eigenvalue weighted by Crippen LogP contribution is 2.21. The predicted octanol–water partition coefficient (Wildman–Crippen LogP) is 3.43. The minimum Gasteiger partial charge on any atom is -0.497 e. The van der Waals surface area contributed by atoms with Gasteiger partial charge in [-0.3, -0.25) is 14.0 Å². The molecule has 0 saturated heterocycles. The molecule has 0 radical (unpaired) electrons. The zero-order chi connectivity index (χ0) is 20.1. The molecule has 0 aliphatic carbocycles. The number of unbranched alkanes of at least 4 members (excludes halogenated alkanes) is 1. The van der Waals surface area contributed by atoms with Gasteiger partial charge in [-0.1, -0.05) is 19.4 Å². The monoisotopic (exact) mass is 380 g/mol. The number of carbonyl (C=O) groups is 2. The molecule has 2 heterocycles. The Kier molecular flexibility index (Phi) is 5.93. The van der Waals surface area contributed by atoms with E-state index in [0.29, 0.717) is 29.2 Å². The van der Waals surface area contributed by atoms with Crippen molar-refractivity contribution >= 4 is 23.3 Å². The third-order valence-corrected chi connectivity index (χ3v) is 4.46. The summed E-state index contributed by atoms with van der Waals surface area (Å²) in [6.45, 7) is 4.54. The number of methoxy groups -OCH3 is 1. The molecule has 0 fully saturated rings. The molecular formula is C21H24N4O3. The molecule has 146 valence electrons. The first-order chi connectivity index (χ1) is 13.5. The summed E-state index contributed by atoms with van der Waals surface area (Å²) in [6.07, 6.45) is 3.63. The van der Waals surface area contributed by atoms with E-state index in [1.54, 1.807) is 42.0 Å².